The molecule has 3 N–H and O–H groups in total. The molecule has 0 aliphatic heterocycles. The number of aliphatic hydroxyl groups excluding tert-OH is 1. The van der Waals surface area contributed by atoms with Crippen LogP contribution in [-0.2, 0) is 0 Å². The van der Waals surface area contributed by atoms with E-state index in [2.05, 4.69) is 27.5 Å². The third-order valence-electron chi connectivity index (χ3n) is 4.03. The second-order valence-corrected chi connectivity index (χ2v) is 5.86. The monoisotopic (exact) mass is 278 g/mol. The van der Waals surface area contributed by atoms with Crippen LogP contribution in [-0.4, -0.2) is 34.8 Å². The average molecular weight is 278 g/mol. The molecule has 1 aliphatic carbocycles. The number of rotatable bonds is 7. The predicted molar refractivity (Wildman–Crippen MR) is 82.0 cm³/mol. The molecule has 1 aliphatic rings. The Morgan fingerprint density at radius 2 is 2.00 bits per heavy atom. The van der Waals surface area contributed by atoms with Gasteiger partial charge in [-0.15, -0.1) is 0 Å². The standard InChI is InChI=1S/C15H26N4O/c1-3-8-16-14-18-12(2)9-13(19-14)17-10-15(11-20)6-4-5-7-15/h9,20H,3-8,10-11H2,1-2H3,(H2,16,17,18,19). The molecule has 1 fully saturated rings. The van der Waals surface area contributed by atoms with Gasteiger partial charge in [0, 0.05) is 30.3 Å². The van der Waals surface area contributed by atoms with Gasteiger partial charge in [0.1, 0.15) is 5.82 Å². The van der Waals surface area contributed by atoms with E-state index in [1.165, 1.54) is 12.8 Å². The van der Waals surface area contributed by atoms with Crippen LogP contribution in [0.15, 0.2) is 6.07 Å². The topological polar surface area (TPSA) is 70.1 Å². The number of nitrogens with zero attached hydrogens (tertiary/aromatic N) is 2. The van der Waals surface area contributed by atoms with E-state index in [0.29, 0.717) is 5.95 Å². The highest BCUT2D eigenvalue weighted by molar-refractivity contribution is 5.42. The van der Waals surface area contributed by atoms with Crippen molar-refractivity contribution in [1.82, 2.24) is 9.97 Å². The summed E-state index contributed by atoms with van der Waals surface area (Å²) in [5.74, 6) is 1.52. The summed E-state index contributed by atoms with van der Waals surface area (Å²) in [7, 11) is 0. The molecule has 0 saturated heterocycles. The van der Waals surface area contributed by atoms with Crippen LogP contribution in [0.2, 0.25) is 0 Å². The fourth-order valence-corrected chi connectivity index (χ4v) is 2.77. The van der Waals surface area contributed by atoms with E-state index in [1.807, 2.05) is 13.0 Å². The van der Waals surface area contributed by atoms with Crippen molar-refractivity contribution in [1.29, 1.82) is 0 Å². The van der Waals surface area contributed by atoms with Crippen molar-refractivity contribution >= 4 is 11.8 Å². The van der Waals surface area contributed by atoms with Crippen LogP contribution in [0.1, 0.15) is 44.7 Å². The van der Waals surface area contributed by atoms with Crippen LogP contribution < -0.4 is 10.6 Å². The van der Waals surface area contributed by atoms with E-state index < -0.39 is 0 Å². The summed E-state index contributed by atoms with van der Waals surface area (Å²) in [6.45, 7) is 6.01. The summed E-state index contributed by atoms with van der Waals surface area (Å²) in [4.78, 5) is 8.86. The fraction of sp³-hybridized carbons (Fsp3) is 0.733. The van der Waals surface area contributed by atoms with E-state index >= 15 is 0 Å². The highest BCUT2D eigenvalue weighted by Gasteiger charge is 2.32. The molecule has 1 saturated carbocycles. The van der Waals surface area contributed by atoms with Gasteiger partial charge in [-0.2, -0.15) is 4.98 Å². The maximum Gasteiger partial charge on any atom is 0.224 e. The van der Waals surface area contributed by atoms with Crippen LogP contribution in [0.5, 0.6) is 0 Å². The first kappa shape index (κ1) is 15.0. The third-order valence-corrected chi connectivity index (χ3v) is 4.03. The van der Waals surface area contributed by atoms with E-state index in [-0.39, 0.29) is 12.0 Å². The Morgan fingerprint density at radius 1 is 1.25 bits per heavy atom. The van der Waals surface area contributed by atoms with E-state index in [0.717, 1.165) is 43.9 Å². The molecule has 0 bridgehead atoms. The van der Waals surface area contributed by atoms with Crippen LogP contribution >= 0.6 is 0 Å². The van der Waals surface area contributed by atoms with Gasteiger partial charge in [-0.3, -0.25) is 0 Å². The summed E-state index contributed by atoms with van der Waals surface area (Å²) in [6, 6.07) is 1.96. The molecule has 0 aromatic carbocycles. The molecule has 1 aromatic heterocycles. The lowest BCUT2D eigenvalue weighted by Gasteiger charge is -2.27. The van der Waals surface area contributed by atoms with Crippen LogP contribution in [0.25, 0.3) is 0 Å². The first-order valence-corrected chi connectivity index (χ1v) is 7.62. The molecule has 0 spiro atoms. The highest BCUT2D eigenvalue weighted by atomic mass is 16.3. The minimum Gasteiger partial charge on any atom is -0.396 e. The van der Waals surface area contributed by atoms with Crippen molar-refractivity contribution < 1.29 is 5.11 Å². The van der Waals surface area contributed by atoms with Gasteiger partial charge in [-0.1, -0.05) is 19.8 Å². The zero-order chi connectivity index (χ0) is 14.4. The SMILES string of the molecule is CCCNc1nc(C)cc(NCC2(CO)CCCC2)n1. The van der Waals surface area contributed by atoms with E-state index in [1.54, 1.807) is 0 Å². The van der Waals surface area contributed by atoms with Gasteiger partial charge in [-0.05, 0) is 26.2 Å². The number of aliphatic hydroxyl groups is 1. The van der Waals surface area contributed by atoms with Crippen LogP contribution in [0.3, 0.4) is 0 Å². The number of aromatic nitrogens is 2. The van der Waals surface area contributed by atoms with Crippen molar-refractivity contribution in [2.75, 3.05) is 30.3 Å². The molecule has 5 heteroatoms. The molecular weight excluding hydrogens is 252 g/mol. The molecular formula is C15H26N4O. The Labute approximate surface area is 121 Å². The van der Waals surface area contributed by atoms with Gasteiger partial charge in [0.25, 0.3) is 0 Å². The molecule has 2 rings (SSSR count). The van der Waals surface area contributed by atoms with Crippen molar-refractivity contribution in [3.05, 3.63) is 11.8 Å². The quantitative estimate of drug-likeness (QED) is 0.715. The van der Waals surface area contributed by atoms with E-state index in [4.69, 9.17) is 0 Å². The maximum absolute atomic E-state index is 9.63. The normalized spacial score (nSPS) is 17.1. The second-order valence-electron chi connectivity index (χ2n) is 5.86. The lowest BCUT2D eigenvalue weighted by atomic mass is 9.87. The summed E-state index contributed by atoms with van der Waals surface area (Å²) in [6.07, 6.45) is 5.68. The second kappa shape index (κ2) is 6.88. The summed E-state index contributed by atoms with van der Waals surface area (Å²) in [5.41, 5.74) is 0.987. The number of hydrogen-bond donors (Lipinski definition) is 3. The first-order valence-electron chi connectivity index (χ1n) is 7.62. The minimum atomic E-state index is 0.0376. The average Bonchev–Trinajstić information content (AvgIpc) is 2.92. The van der Waals surface area contributed by atoms with Crippen LogP contribution in [0, 0.1) is 12.3 Å². The summed E-state index contributed by atoms with van der Waals surface area (Å²) < 4.78 is 0. The Balaban J connectivity index is 1.99. The molecule has 0 unspecified atom stereocenters. The zero-order valence-corrected chi connectivity index (χ0v) is 12.6. The Kier molecular flexibility index (Phi) is 5.17. The van der Waals surface area contributed by atoms with Gasteiger partial charge >= 0.3 is 0 Å². The van der Waals surface area contributed by atoms with Gasteiger partial charge in [-0.25, -0.2) is 4.98 Å². The maximum atomic E-state index is 9.63. The van der Waals surface area contributed by atoms with Crippen molar-refractivity contribution in [2.24, 2.45) is 5.41 Å². The van der Waals surface area contributed by atoms with Gasteiger partial charge in [0.2, 0.25) is 5.95 Å². The number of nitrogens with one attached hydrogen (secondary N) is 2. The Hall–Kier alpha value is -1.36. The molecule has 0 amide bonds. The van der Waals surface area contributed by atoms with Crippen LogP contribution in [0.4, 0.5) is 11.8 Å². The molecule has 1 heterocycles. The fourth-order valence-electron chi connectivity index (χ4n) is 2.77. The van der Waals surface area contributed by atoms with E-state index in [9.17, 15) is 5.11 Å². The minimum absolute atomic E-state index is 0.0376. The van der Waals surface area contributed by atoms with Gasteiger partial charge in [0.15, 0.2) is 0 Å². The molecule has 0 radical (unpaired) electrons. The lowest BCUT2D eigenvalue weighted by Crippen LogP contribution is -2.30. The molecule has 1 aromatic rings. The van der Waals surface area contributed by atoms with Gasteiger partial charge < -0.3 is 15.7 Å². The molecule has 20 heavy (non-hydrogen) atoms. The number of hydrogen-bond acceptors (Lipinski definition) is 5. The number of anilines is 2. The highest BCUT2D eigenvalue weighted by Crippen LogP contribution is 2.37. The third kappa shape index (κ3) is 3.82. The van der Waals surface area contributed by atoms with Crippen molar-refractivity contribution in [2.45, 2.75) is 46.0 Å². The molecule has 0 atom stereocenters. The summed E-state index contributed by atoms with van der Waals surface area (Å²) >= 11 is 0. The Bertz CT molecular complexity index is 430. The summed E-state index contributed by atoms with van der Waals surface area (Å²) in [5, 5.41) is 16.2. The molecule has 5 nitrogen and oxygen atoms in total. The molecule has 112 valence electrons. The number of aryl methyl sites for hydroxylation is 1. The predicted octanol–water partition coefficient (Wildman–Crippen LogP) is 2.57. The first-order chi connectivity index (χ1) is 9.67. The largest absolute Gasteiger partial charge is 0.396 e. The van der Waals surface area contributed by atoms with Crippen molar-refractivity contribution in [3.8, 4) is 0 Å². The zero-order valence-electron chi connectivity index (χ0n) is 12.6. The Morgan fingerprint density at radius 3 is 2.65 bits per heavy atom. The van der Waals surface area contributed by atoms with Gasteiger partial charge in [0.05, 0.1) is 6.61 Å². The lowest BCUT2D eigenvalue weighted by molar-refractivity contribution is 0.142. The smallest absolute Gasteiger partial charge is 0.224 e. The van der Waals surface area contributed by atoms with Crippen molar-refractivity contribution in [3.63, 3.8) is 0 Å².